The number of thioether (sulfide) groups is 1. The number of hydrogen-bond donors (Lipinski definition) is 2. The number of nitrogens with zero attached hydrogens (tertiary/aromatic N) is 3. The predicted octanol–water partition coefficient (Wildman–Crippen LogP) is 3.13. The average molecular weight is 353 g/mol. The summed E-state index contributed by atoms with van der Waals surface area (Å²) in [5.41, 5.74) is 7.37. The van der Waals surface area contributed by atoms with Gasteiger partial charge in [-0.3, -0.25) is 4.79 Å². The topological polar surface area (TPSA) is 83.0 Å². The summed E-state index contributed by atoms with van der Waals surface area (Å²) in [6.07, 6.45) is 1.67. The molecule has 128 valence electrons. The molecular weight excluding hydrogens is 334 g/mol. The van der Waals surface area contributed by atoms with Crippen molar-refractivity contribution in [3.8, 4) is 0 Å². The predicted molar refractivity (Wildman–Crippen MR) is 101 cm³/mol. The van der Waals surface area contributed by atoms with Gasteiger partial charge in [0.1, 0.15) is 0 Å². The number of aromatic nitrogens is 3. The zero-order valence-corrected chi connectivity index (χ0v) is 15.1. The second-order valence-electron chi connectivity index (χ2n) is 5.72. The molecule has 0 unspecified atom stereocenters. The van der Waals surface area contributed by atoms with Crippen LogP contribution >= 0.6 is 11.8 Å². The molecule has 0 aliphatic heterocycles. The second kappa shape index (κ2) is 7.48. The van der Waals surface area contributed by atoms with Crippen LogP contribution in [0.2, 0.25) is 0 Å². The number of carbonyl (C=O) groups excluding carboxylic acids is 1. The summed E-state index contributed by atoms with van der Waals surface area (Å²) < 4.78 is 0. The van der Waals surface area contributed by atoms with E-state index in [1.54, 1.807) is 6.21 Å². The van der Waals surface area contributed by atoms with E-state index in [1.165, 1.54) is 11.8 Å². The van der Waals surface area contributed by atoms with E-state index in [-0.39, 0.29) is 11.7 Å². The van der Waals surface area contributed by atoms with E-state index >= 15 is 0 Å². The minimum atomic E-state index is -0.193. The molecule has 2 heterocycles. The van der Waals surface area contributed by atoms with Crippen LogP contribution in [0.1, 0.15) is 22.6 Å². The molecule has 1 amide bonds. The van der Waals surface area contributed by atoms with Crippen molar-refractivity contribution in [2.75, 3.05) is 5.75 Å². The molecule has 0 aliphatic carbocycles. The highest BCUT2D eigenvalue weighted by Gasteiger charge is 2.07. The lowest BCUT2D eigenvalue weighted by Gasteiger charge is -2.02. The van der Waals surface area contributed by atoms with Crippen LogP contribution in [0.5, 0.6) is 0 Å². The molecule has 0 fully saturated rings. The molecule has 3 aromatic rings. The SMILES string of the molecule is Cc1cc(C)nc(SCC(=O)N/N=C\c2c(C)[nH]c3ccccc23)n1. The number of benzene rings is 1. The van der Waals surface area contributed by atoms with Crippen LogP contribution < -0.4 is 5.43 Å². The summed E-state index contributed by atoms with van der Waals surface area (Å²) >= 11 is 1.30. The number of rotatable bonds is 5. The maximum atomic E-state index is 12.0. The first-order chi connectivity index (χ1) is 12.0. The van der Waals surface area contributed by atoms with E-state index in [0.717, 1.165) is 33.5 Å². The number of H-pyrrole nitrogens is 1. The number of amides is 1. The van der Waals surface area contributed by atoms with Crippen molar-refractivity contribution in [3.05, 3.63) is 53.0 Å². The molecule has 0 atom stereocenters. The maximum absolute atomic E-state index is 12.0. The third-order valence-electron chi connectivity index (χ3n) is 3.62. The van der Waals surface area contributed by atoms with Crippen LogP contribution in [0.15, 0.2) is 40.6 Å². The number of hydrazone groups is 1. The zero-order valence-electron chi connectivity index (χ0n) is 14.3. The summed E-state index contributed by atoms with van der Waals surface area (Å²) in [5.74, 6) is 0.0223. The summed E-state index contributed by atoms with van der Waals surface area (Å²) in [5, 5.41) is 5.75. The Hall–Kier alpha value is -2.67. The van der Waals surface area contributed by atoms with Crippen molar-refractivity contribution in [3.63, 3.8) is 0 Å². The Labute approximate surface area is 150 Å². The minimum Gasteiger partial charge on any atom is -0.358 e. The fourth-order valence-corrected chi connectivity index (χ4v) is 3.30. The average Bonchev–Trinajstić information content (AvgIpc) is 2.88. The molecule has 6 nitrogen and oxygen atoms in total. The molecular formula is C18H19N5OS. The van der Waals surface area contributed by atoms with Gasteiger partial charge in [-0.2, -0.15) is 5.10 Å². The number of hydrogen-bond acceptors (Lipinski definition) is 5. The van der Waals surface area contributed by atoms with Crippen molar-refractivity contribution in [2.45, 2.75) is 25.9 Å². The zero-order chi connectivity index (χ0) is 17.8. The van der Waals surface area contributed by atoms with Crippen LogP contribution in [-0.2, 0) is 4.79 Å². The van der Waals surface area contributed by atoms with Crippen LogP contribution in [0.4, 0.5) is 0 Å². The number of carbonyl (C=O) groups is 1. The quantitative estimate of drug-likeness (QED) is 0.319. The first kappa shape index (κ1) is 17.2. The number of fused-ring (bicyclic) bond motifs is 1. The van der Waals surface area contributed by atoms with Crippen LogP contribution in [0.3, 0.4) is 0 Å². The highest BCUT2D eigenvalue weighted by Crippen LogP contribution is 2.19. The van der Waals surface area contributed by atoms with E-state index in [0.29, 0.717) is 5.16 Å². The Morgan fingerprint density at radius 2 is 1.96 bits per heavy atom. The molecule has 0 saturated carbocycles. The molecule has 0 radical (unpaired) electrons. The molecule has 2 N–H and O–H groups in total. The van der Waals surface area contributed by atoms with Gasteiger partial charge in [0.2, 0.25) is 0 Å². The molecule has 2 aromatic heterocycles. The lowest BCUT2D eigenvalue weighted by Crippen LogP contribution is -2.19. The van der Waals surface area contributed by atoms with Gasteiger partial charge >= 0.3 is 0 Å². The third-order valence-corrected chi connectivity index (χ3v) is 4.47. The van der Waals surface area contributed by atoms with Gasteiger partial charge in [-0.05, 0) is 32.9 Å². The third kappa shape index (κ3) is 4.24. The van der Waals surface area contributed by atoms with Gasteiger partial charge in [0.25, 0.3) is 5.91 Å². The lowest BCUT2D eigenvalue weighted by molar-refractivity contribution is -0.118. The van der Waals surface area contributed by atoms with Crippen molar-refractivity contribution in [2.24, 2.45) is 5.10 Å². The summed E-state index contributed by atoms with van der Waals surface area (Å²) in [7, 11) is 0. The molecule has 0 saturated heterocycles. The summed E-state index contributed by atoms with van der Waals surface area (Å²) in [4.78, 5) is 23.9. The van der Waals surface area contributed by atoms with Crippen molar-refractivity contribution >= 4 is 34.8 Å². The minimum absolute atomic E-state index is 0.193. The van der Waals surface area contributed by atoms with E-state index in [1.807, 2.05) is 51.1 Å². The summed E-state index contributed by atoms with van der Waals surface area (Å²) in [6, 6.07) is 9.89. The van der Waals surface area contributed by atoms with Crippen molar-refractivity contribution in [1.29, 1.82) is 0 Å². The van der Waals surface area contributed by atoms with E-state index in [9.17, 15) is 4.79 Å². The van der Waals surface area contributed by atoms with E-state index in [2.05, 4.69) is 25.5 Å². The van der Waals surface area contributed by atoms with Gasteiger partial charge in [0, 0.05) is 33.5 Å². The monoisotopic (exact) mass is 353 g/mol. The number of aryl methyl sites for hydroxylation is 3. The number of para-hydroxylation sites is 1. The number of nitrogens with one attached hydrogen (secondary N) is 2. The Bertz CT molecular complexity index is 928. The Morgan fingerprint density at radius 3 is 2.72 bits per heavy atom. The van der Waals surface area contributed by atoms with Crippen molar-refractivity contribution < 1.29 is 4.79 Å². The van der Waals surface area contributed by atoms with Gasteiger partial charge in [-0.1, -0.05) is 30.0 Å². The van der Waals surface area contributed by atoms with E-state index in [4.69, 9.17) is 0 Å². The second-order valence-corrected chi connectivity index (χ2v) is 6.67. The molecule has 0 bridgehead atoms. The highest BCUT2D eigenvalue weighted by molar-refractivity contribution is 7.99. The van der Waals surface area contributed by atoms with Crippen LogP contribution in [0.25, 0.3) is 10.9 Å². The highest BCUT2D eigenvalue weighted by atomic mass is 32.2. The van der Waals surface area contributed by atoms with Crippen LogP contribution in [0, 0.1) is 20.8 Å². The fourth-order valence-electron chi connectivity index (χ4n) is 2.55. The maximum Gasteiger partial charge on any atom is 0.250 e. The Morgan fingerprint density at radius 1 is 1.24 bits per heavy atom. The van der Waals surface area contributed by atoms with Gasteiger partial charge in [-0.15, -0.1) is 0 Å². The van der Waals surface area contributed by atoms with Gasteiger partial charge in [-0.25, -0.2) is 15.4 Å². The largest absolute Gasteiger partial charge is 0.358 e. The summed E-state index contributed by atoms with van der Waals surface area (Å²) in [6.45, 7) is 5.80. The number of aromatic amines is 1. The Balaban J connectivity index is 1.60. The first-order valence-corrected chi connectivity index (χ1v) is 8.86. The standard InChI is InChI=1S/C18H19N5OS/c1-11-8-12(2)21-18(20-11)25-10-17(24)23-19-9-15-13(3)22-16-7-5-4-6-14(15)16/h4-9,22H,10H2,1-3H3,(H,23,24)/b19-9-. The van der Waals surface area contributed by atoms with Gasteiger partial charge in [0.15, 0.2) is 5.16 Å². The van der Waals surface area contributed by atoms with Gasteiger partial charge in [0.05, 0.1) is 12.0 Å². The molecule has 0 aliphatic rings. The normalized spacial score (nSPS) is 11.3. The van der Waals surface area contributed by atoms with E-state index < -0.39 is 0 Å². The molecule has 0 spiro atoms. The van der Waals surface area contributed by atoms with Gasteiger partial charge < -0.3 is 4.98 Å². The van der Waals surface area contributed by atoms with Crippen LogP contribution in [-0.4, -0.2) is 32.8 Å². The van der Waals surface area contributed by atoms with Crippen molar-refractivity contribution in [1.82, 2.24) is 20.4 Å². The first-order valence-electron chi connectivity index (χ1n) is 7.87. The molecule has 3 rings (SSSR count). The fraction of sp³-hybridized carbons (Fsp3) is 0.222. The molecule has 1 aromatic carbocycles. The smallest absolute Gasteiger partial charge is 0.250 e. The Kier molecular flexibility index (Phi) is 5.14. The molecule has 25 heavy (non-hydrogen) atoms. The lowest BCUT2D eigenvalue weighted by atomic mass is 10.1. The molecule has 7 heteroatoms.